The molecule has 1 aliphatic rings. The summed E-state index contributed by atoms with van der Waals surface area (Å²) in [5.41, 5.74) is 5.21. The molecule has 3 aromatic heterocycles. The minimum atomic E-state index is -1.90. The summed E-state index contributed by atoms with van der Waals surface area (Å²) in [4.78, 5) is 32.8. The lowest BCUT2D eigenvalue weighted by Gasteiger charge is -2.15. The number of rotatable bonds is 5. The molecule has 0 saturated carbocycles. The summed E-state index contributed by atoms with van der Waals surface area (Å²) < 4.78 is 21.8. The topological polar surface area (TPSA) is 166 Å². The van der Waals surface area contributed by atoms with Gasteiger partial charge in [-0.2, -0.15) is 4.98 Å². The van der Waals surface area contributed by atoms with Crippen LogP contribution in [0.5, 0.6) is 0 Å². The summed E-state index contributed by atoms with van der Waals surface area (Å²) in [7, 11) is 0. The minimum absolute atomic E-state index is 0.00114. The third-order valence-electron chi connectivity index (χ3n) is 4.63. The highest BCUT2D eigenvalue weighted by atomic mass is 32.1. The summed E-state index contributed by atoms with van der Waals surface area (Å²) in [6.07, 6.45) is -5.02. The molecule has 0 aromatic carbocycles. The van der Waals surface area contributed by atoms with Crippen LogP contribution in [0, 0.1) is 0 Å². The van der Waals surface area contributed by atoms with Crippen LogP contribution in [0.15, 0.2) is 23.1 Å². The number of carbonyl (C=O) groups is 1. The number of hydrogen-bond acceptors (Lipinski definition) is 9. The first-order valence-corrected chi connectivity index (χ1v) is 9.27. The van der Waals surface area contributed by atoms with Gasteiger partial charge in [-0.05, 0) is 12.1 Å². The zero-order valence-electron chi connectivity index (χ0n) is 14.7. The minimum Gasteiger partial charge on any atom is -0.477 e. The fraction of sp³-hybridized carbons (Fsp3) is 0.375. The summed E-state index contributed by atoms with van der Waals surface area (Å²) in [5.74, 6) is -1.23. The Morgan fingerprint density at radius 3 is 2.79 bits per heavy atom. The predicted octanol–water partition coefficient (Wildman–Crippen LogP) is -0.428. The van der Waals surface area contributed by atoms with Crippen molar-refractivity contribution in [1.82, 2.24) is 19.1 Å². The van der Waals surface area contributed by atoms with Crippen molar-refractivity contribution in [3.8, 4) is 0 Å². The molecule has 3 aromatic rings. The third-order valence-corrected chi connectivity index (χ3v) is 5.69. The average molecular weight is 425 g/mol. The number of thiophene rings is 1. The molecule has 4 rings (SSSR count). The number of nitrogen functional groups attached to an aromatic ring is 1. The van der Waals surface area contributed by atoms with Gasteiger partial charge in [0.15, 0.2) is 18.0 Å². The number of aromatic carboxylic acids is 1. The van der Waals surface area contributed by atoms with E-state index in [1.807, 2.05) is 0 Å². The number of alkyl halides is 1. The maximum Gasteiger partial charge on any atom is 0.345 e. The molecule has 0 radical (unpaired) electrons. The Balaban J connectivity index is 1.83. The second-order valence-electron chi connectivity index (χ2n) is 6.43. The van der Waals surface area contributed by atoms with Gasteiger partial charge in [0.25, 0.3) is 0 Å². The largest absolute Gasteiger partial charge is 0.477 e. The molecule has 0 amide bonds. The zero-order valence-corrected chi connectivity index (χ0v) is 15.5. The van der Waals surface area contributed by atoms with Gasteiger partial charge in [-0.1, -0.05) is 0 Å². The molecule has 0 bridgehead atoms. The molecule has 13 heteroatoms. The van der Waals surface area contributed by atoms with Crippen molar-refractivity contribution in [1.29, 1.82) is 0 Å². The van der Waals surface area contributed by atoms with Crippen LogP contribution in [-0.4, -0.2) is 65.4 Å². The fourth-order valence-corrected chi connectivity index (χ4v) is 4.09. The van der Waals surface area contributed by atoms with Crippen LogP contribution in [-0.2, 0) is 11.3 Å². The predicted molar refractivity (Wildman–Crippen MR) is 98.5 cm³/mol. The molecule has 1 saturated heterocycles. The van der Waals surface area contributed by atoms with Crippen molar-refractivity contribution in [2.24, 2.45) is 0 Å². The standard InChI is InChI=1S/C16H16FN5O6S/c17-10-8(5-23)28-13(11(10)24)22-12-7(3-19-15(18)20-12)21(16(22)27)4-6-1-2-9(29-6)14(25)26/h1-3,8,10-11,13,23-24H,4-5H2,(H,25,26)(H2,18,19,20)/t8-,10-,11-,13-/m1/s1. The average Bonchev–Trinajstić information content (AvgIpc) is 3.33. The molecule has 29 heavy (non-hydrogen) atoms. The molecule has 154 valence electrons. The van der Waals surface area contributed by atoms with Crippen LogP contribution in [0.1, 0.15) is 20.8 Å². The number of nitrogens with zero attached hydrogens (tertiary/aromatic N) is 4. The fourth-order valence-electron chi connectivity index (χ4n) is 3.26. The van der Waals surface area contributed by atoms with Crippen LogP contribution in [0.25, 0.3) is 11.2 Å². The summed E-state index contributed by atoms with van der Waals surface area (Å²) in [6, 6.07) is 2.99. The number of carboxylic acid groups (broad SMARTS) is 1. The number of anilines is 1. The quantitative estimate of drug-likeness (QED) is 0.424. The van der Waals surface area contributed by atoms with E-state index in [0.29, 0.717) is 4.88 Å². The van der Waals surface area contributed by atoms with E-state index in [-0.39, 0.29) is 28.5 Å². The van der Waals surface area contributed by atoms with E-state index in [4.69, 9.17) is 15.6 Å². The summed E-state index contributed by atoms with van der Waals surface area (Å²) in [5, 5.41) is 28.5. The highest BCUT2D eigenvalue weighted by Crippen LogP contribution is 2.32. The number of hydrogen-bond donors (Lipinski definition) is 4. The van der Waals surface area contributed by atoms with Crippen LogP contribution >= 0.6 is 11.3 Å². The van der Waals surface area contributed by atoms with E-state index in [9.17, 15) is 24.2 Å². The molecule has 4 atom stereocenters. The lowest BCUT2D eigenvalue weighted by molar-refractivity contribution is -0.0513. The van der Waals surface area contributed by atoms with Crippen LogP contribution in [0.3, 0.4) is 0 Å². The second-order valence-corrected chi connectivity index (χ2v) is 7.60. The first-order chi connectivity index (χ1) is 13.8. The van der Waals surface area contributed by atoms with Crippen molar-refractivity contribution in [3.05, 3.63) is 38.6 Å². The van der Waals surface area contributed by atoms with E-state index in [0.717, 1.165) is 15.9 Å². The number of fused-ring (bicyclic) bond motifs is 1. The molecule has 1 fully saturated rings. The van der Waals surface area contributed by atoms with E-state index < -0.39 is 42.9 Å². The highest BCUT2D eigenvalue weighted by Gasteiger charge is 2.46. The van der Waals surface area contributed by atoms with E-state index in [1.54, 1.807) is 6.07 Å². The Bertz CT molecular complexity index is 1140. The Morgan fingerprint density at radius 2 is 2.17 bits per heavy atom. The summed E-state index contributed by atoms with van der Waals surface area (Å²) in [6.45, 7) is -0.675. The van der Waals surface area contributed by atoms with Gasteiger partial charge >= 0.3 is 11.7 Å². The molecule has 5 N–H and O–H groups in total. The smallest absolute Gasteiger partial charge is 0.345 e. The van der Waals surface area contributed by atoms with Gasteiger partial charge in [-0.15, -0.1) is 11.3 Å². The maximum atomic E-state index is 14.2. The van der Waals surface area contributed by atoms with Gasteiger partial charge < -0.3 is 25.8 Å². The van der Waals surface area contributed by atoms with Crippen LogP contribution < -0.4 is 11.4 Å². The number of nitrogens with two attached hydrogens (primary N) is 1. The Kier molecular flexibility index (Phi) is 4.82. The second kappa shape index (κ2) is 7.18. The normalized spacial score (nSPS) is 24.4. The lowest BCUT2D eigenvalue weighted by Crippen LogP contribution is -2.34. The Labute approximate surface area is 165 Å². The monoisotopic (exact) mass is 425 g/mol. The molecule has 11 nitrogen and oxygen atoms in total. The molecular formula is C16H16FN5O6S. The third kappa shape index (κ3) is 3.17. The van der Waals surface area contributed by atoms with Gasteiger partial charge in [0.2, 0.25) is 5.95 Å². The van der Waals surface area contributed by atoms with Crippen molar-refractivity contribution < 1.29 is 29.2 Å². The maximum absolute atomic E-state index is 14.2. The molecular weight excluding hydrogens is 409 g/mol. The number of aromatic nitrogens is 4. The number of aliphatic hydroxyl groups is 2. The highest BCUT2D eigenvalue weighted by molar-refractivity contribution is 7.13. The number of halogens is 1. The molecule has 0 unspecified atom stereocenters. The molecule has 1 aliphatic heterocycles. The number of imidazole rings is 1. The zero-order chi connectivity index (χ0) is 20.9. The van der Waals surface area contributed by atoms with Crippen molar-refractivity contribution in [2.75, 3.05) is 12.3 Å². The van der Waals surface area contributed by atoms with Crippen molar-refractivity contribution >= 4 is 34.4 Å². The Morgan fingerprint density at radius 1 is 1.41 bits per heavy atom. The SMILES string of the molecule is Nc1ncc2c(n1)n([C@@H]1O[C@H](CO)[C@@H](F)[C@H]1O)c(=O)n2Cc1ccc(C(=O)O)s1. The first kappa shape index (κ1) is 19.4. The molecule has 0 spiro atoms. The van der Waals surface area contributed by atoms with Crippen molar-refractivity contribution in [3.63, 3.8) is 0 Å². The van der Waals surface area contributed by atoms with Crippen LogP contribution in [0.2, 0.25) is 0 Å². The first-order valence-electron chi connectivity index (χ1n) is 8.45. The van der Waals surface area contributed by atoms with Crippen LogP contribution in [0.4, 0.5) is 10.3 Å². The van der Waals surface area contributed by atoms with E-state index in [2.05, 4.69) is 9.97 Å². The van der Waals surface area contributed by atoms with Gasteiger partial charge in [0, 0.05) is 4.88 Å². The number of aliphatic hydroxyl groups excluding tert-OH is 2. The van der Waals surface area contributed by atoms with E-state index >= 15 is 0 Å². The van der Waals surface area contributed by atoms with Gasteiger partial charge in [-0.3, -0.25) is 4.57 Å². The van der Waals surface area contributed by atoms with Gasteiger partial charge in [0.05, 0.1) is 19.3 Å². The number of ether oxygens (including phenoxy) is 1. The lowest BCUT2D eigenvalue weighted by atomic mass is 10.1. The van der Waals surface area contributed by atoms with Crippen molar-refractivity contribution in [2.45, 2.75) is 31.2 Å². The van der Waals surface area contributed by atoms with E-state index in [1.165, 1.54) is 16.8 Å². The summed E-state index contributed by atoms with van der Waals surface area (Å²) >= 11 is 0.995. The number of carboxylic acids is 1. The molecule has 4 heterocycles. The Hall–Kier alpha value is -2.87. The van der Waals surface area contributed by atoms with Gasteiger partial charge in [-0.25, -0.2) is 23.5 Å². The van der Waals surface area contributed by atoms with Gasteiger partial charge in [0.1, 0.15) is 22.6 Å². The molecule has 0 aliphatic carbocycles.